The van der Waals surface area contributed by atoms with Crippen LogP contribution in [0, 0.1) is 0 Å². The van der Waals surface area contributed by atoms with Crippen molar-refractivity contribution in [1.82, 2.24) is 5.32 Å². The van der Waals surface area contributed by atoms with Crippen molar-refractivity contribution >= 4 is 23.2 Å². The summed E-state index contributed by atoms with van der Waals surface area (Å²) in [6.45, 7) is 7.10. The molecular weight excluding hydrogens is 285 g/mol. The first-order chi connectivity index (χ1) is 9.11. The van der Waals surface area contributed by atoms with Gasteiger partial charge in [-0.2, -0.15) is 0 Å². The van der Waals surface area contributed by atoms with Crippen LogP contribution in [0.3, 0.4) is 0 Å². The van der Waals surface area contributed by atoms with Crippen LogP contribution in [-0.2, 0) is 4.74 Å². The van der Waals surface area contributed by atoms with Crippen LogP contribution in [-0.4, -0.2) is 32.4 Å². The third kappa shape index (κ3) is 7.02. The smallest absolute Gasteiger partial charge is 0.139 e. The molecule has 0 aliphatic rings. The summed E-state index contributed by atoms with van der Waals surface area (Å²) in [6.07, 6.45) is 1.30. The Kier molecular flexibility index (Phi) is 8.22. The van der Waals surface area contributed by atoms with Crippen LogP contribution >= 0.6 is 23.2 Å². The van der Waals surface area contributed by atoms with E-state index in [1.807, 2.05) is 26.0 Å². The van der Waals surface area contributed by atoms with Gasteiger partial charge in [0, 0.05) is 13.2 Å². The Hall–Kier alpha value is -0.480. The van der Waals surface area contributed by atoms with E-state index < -0.39 is 0 Å². The number of hydrogen-bond donors (Lipinski definition) is 1. The molecule has 1 rings (SSSR count). The zero-order chi connectivity index (χ0) is 14.1. The molecule has 0 unspecified atom stereocenters. The second-order valence-corrected chi connectivity index (χ2v) is 5.21. The second-order valence-electron chi connectivity index (χ2n) is 4.42. The standard InChI is InChI=1S/C14H21Cl2NO2/c1-11(2)18-9-4-7-17-8-10-19-13-6-3-5-12(15)14(13)16/h3,5-6,11,17H,4,7-10H2,1-2H3. The zero-order valence-electron chi connectivity index (χ0n) is 11.4. The molecule has 108 valence electrons. The van der Waals surface area contributed by atoms with E-state index in [4.69, 9.17) is 32.7 Å². The highest BCUT2D eigenvalue weighted by molar-refractivity contribution is 6.42. The van der Waals surface area contributed by atoms with Gasteiger partial charge >= 0.3 is 0 Å². The largest absolute Gasteiger partial charge is 0.491 e. The molecule has 3 nitrogen and oxygen atoms in total. The van der Waals surface area contributed by atoms with Gasteiger partial charge in [-0.05, 0) is 38.9 Å². The molecule has 1 aromatic carbocycles. The number of rotatable bonds is 9. The summed E-state index contributed by atoms with van der Waals surface area (Å²) in [7, 11) is 0. The number of benzene rings is 1. The highest BCUT2D eigenvalue weighted by atomic mass is 35.5. The van der Waals surface area contributed by atoms with E-state index in [0.717, 1.165) is 26.1 Å². The lowest BCUT2D eigenvalue weighted by Gasteiger charge is -2.10. The molecule has 0 amide bonds. The SMILES string of the molecule is CC(C)OCCCNCCOc1cccc(Cl)c1Cl. The summed E-state index contributed by atoms with van der Waals surface area (Å²) < 4.78 is 11.0. The summed E-state index contributed by atoms with van der Waals surface area (Å²) >= 11 is 11.9. The predicted octanol–water partition coefficient (Wildman–Crippen LogP) is 3.78. The van der Waals surface area contributed by atoms with Gasteiger partial charge in [0.1, 0.15) is 17.4 Å². The Morgan fingerprint density at radius 3 is 2.68 bits per heavy atom. The van der Waals surface area contributed by atoms with E-state index in [9.17, 15) is 0 Å². The minimum atomic E-state index is 0.299. The van der Waals surface area contributed by atoms with Crippen molar-refractivity contribution in [1.29, 1.82) is 0 Å². The van der Waals surface area contributed by atoms with E-state index in [-0.39, 0.29) is 0 Å². The average Bonchev–Trinajstić information content (AvgIpc) is 2.37. The van der Waals surface area contributed by atoms with Crippen LogP contribution in [0.2, 0.25) is 10.0 Å². The summed E-state index contributed by atoms with van der Waals surface area (Å²) in [5.41, 5.74) is 0. The highest BCUT2D eigenvalue weighted by Crippen LogP contribution is 2.31. The van der Waals surface area contributed by atoms with Gasteiger partial charge in [-0.25, -0.2) is 0 Å². The third-order valence-corrected chi connectivity index (χ3v) is 3.20. The van der Waals surface area contributed by atoms with Gasteiger partial charge in [0.05, 0.1) is 11.1 Å². The molecular formula is C14H21Cl2NO2. The first kappa shape index (κ1) is 16.6. The van der Waals surface area contributed by atoms with Gasteiger partial charge < -0.3 is 14.8 Å². The molecule has 0 spiro atoms. The van der Waals surface area contributed by atoms with E-state index in [0.29, 0.717) is 28.5 Å². The maximum atomic E-state index is 6.01. The number of halogens is 2. The van der Waals surface area contributed by atoms with Crippen molar-refractivity contribution in [2.45, 2.75) is 26.4 Å². The first-order valence-electron chi connectivity index (χ1n) is 6.50. The van der Waals surface area contributed by atoms with Gasteiger partial charge in [-0.1, -0.05) is 29.3 Å². The van der Waals surface area contributed by atoms with Gasteiger partial charge in [0.25, 0.3) is 0 Å². The molecule has 0 aromatic heterocycles. The van der Waals surface area contributed by atoms with Crippen molar-refractivity contribution in [2.24, 2.45) is 0 Å². The van der Waals surface area contributed by atoms with Crippen LogP contribution < -0.4 is 10.1 Å². The van der Waals surface area contributed by atoms with Gasteiger partial charge in [-0.15, -0.1) is 0 Å². The average molecular weight is 306 g/mol. The number of ether oxygens (including phenoxy) is 2. The fraction of sp³-hybridized carbons (Fsp3) is 0.571. The lowest BCUT2D eigenvalue weighted by atomic mass is 10.3. The van der Waals surface area contributed by atoms with E-state index in [1.165, 1.54) is 0 Å². The van der Waals surface area contributed by atoms with Crippen LogP contribution in [0.1, 0.15) is 20.3 Å². The van der Waals surface area contributed by atoms with E-state index >= 15 is 0 Å². The summed E-state index contributed by atoms with van der Waals surface area (Å²) in [5, 5.41) is 4.26. The van der Waals surface area contributed by atoms with Gasteiger partial charge in [0.2, 0.25) is 0 Å². The Morgan fingerprint density at radius 1 is 1.16 bits per heavy atom. The minimum absolute atomic E-state index is 0.299. The summed E-state index contributed by atoms with van der Waals surface area (Å²) in [4.78, 5) is 0. The van der Waals surface area contributed by atoms with E-state index in [2.05, 4.69) is 5.32 Å². The Labute approximate surface area is 125 Å². The molecule has 1 N–H and O–H groups in total. The molecule has 0 fully saturated rings. The molecule has 0 aliphatic heterocycles. The van der Waals surface area contributed by atoms with Crippen molar-refractivity contribution in [3.8, 4) is 5.75 Å². The molecule has 0 saturated carbocycles. The van der Waals surface area contributed by atoms with Crippen molar-refractivity contribution in [2.75, 3.05) is 26.3 Å². The first-order valence-corrected chi connectivity index (χ1v) is 7.26. The molecule has 0 atom stereocenters. The van der Waals surface area contributed by atoms with Crippen LogP contribution in [0.15, 0.2) is 18.2 Å². The van der Waals surface area contributed by atoms with Crippen LogP contribution in [0.5, 0.6) is 5.75 Å². The lowest BCUT2D eigenvalue weighted by Crippen LogP contribution is -2.23. The Balaban J connectivity index is 2.06. The van der Waals surface area contributed by atoms with Crippen LogP contribution in [0.4, 0.5) is 0 Å². The quantitative estimate of drug-likeness (QED) is 0.704. The van der Waals surface area contributed by atoms with Crippen molar-refractivity contribution in [3.05, 3.63) is 28.2 Å². The maximum Gasteiger partial charge on any atom is 0.139 e. The normalized spacial score (nSPS) is 11.0. The third-order valence-electron chi connectivity index (χ3n) is 2.40. The van der Waals surface area contributed by atoms with E-state index in [1.54, 1.807) is 6.07 Å². The van der Waals surface area contributed by atoms with Crippen molar-refractivity contribution in [3.63, 3.8) is 0 Å². The predicted molar refractivity (Wildman–Crippen MR) is 80.5 cm³/mol. The molecule has 0 aliphatic carbocycles. The zero-order valence-corrected chi connectivity index (χ0v) is 12.9. The number of nitrogens with one attached hydrogen (secondary N) is 1. The Bertz CT molecular complexity index is 372. The topological polar surface area (TPSA) is 30.5 Å². The molecule has 5 heteroatoms. The highest BCUT2D eigenvalue weighted by Gasteiger charge is 2.04. The fourth-order valence-corrected chi connectivity index (χ4v) is 1.82. The molecule has 0 heterocycles. The second kappa shape index (κ2) is 9.43. The van der Waals surface area contributed by atoms with Gasteiger partial charge in [0.15, 0.2) is 0 Å². The lowest BCUT2D eigenvalue weighted by molar-refractivity contribution is 0.0770. The minimum Gasteiger partial charge on any atom is -0.491 e. The van der Waals surface area contributed by atoms with Gasteiger partial charge in [-0.3, -0.25) is 0 Å². The fourth-order valence-electron chi connectivity index (χ4n) is 1.47. The Morgan fingerprint density at radius 2 is 1.95 bits per heavy atom. The summed E-state index contributed by atoms with van der Waals surface area (Å²) in [6, 6.07) is 5.37. The van der Waals surface area contributed by atoms with Crippen LogP contribution in [0.25, 0.3) is 0 Å². The van der Waals surface area contributed by atoms with Crippen molar-refractivity contribution < 1.29 is 9.47 Å². The summed E-state index contributed by atoms with van der Waals surface area (Å²) in [5.74, 6) is 0.624. The monoisotopic (exact) mass is 305 g/mol. The molecule has 19 heavy (non-hydrogen) atoms. The maximum absolute atomic E-state index is 6.01. The molecule has 0 bridgehead atoms. The number of hydrogen-bond acceptors (Lipinski definition) is 3. The molecule has 0 saturated heterocycles. The molecule has 1 aromatic rings. The molecule has 0 radical (unpaired) electrons.